The normalized spacial score (nSPS) is 13.0. The van der Waals surface area contributed by atoms with E-state index in [9.17, 15) is 4.79 Å². The monoisotopic (exact) mass is 174 g/mol. The molecule has 0 aromatic heterocycles. The van der Waals surface area contributed by atoms with Crippen LogP contribution in [0.1, 0.15) is 40.0 Å². The van der Waals surface area contributed by atoms with Gasteiger partial charge in [0.15, 0.2) is 0 Å². The summed E-state index contributed by atoms with van der Waals surface area (Å²) in [7, 11) is 0. The summed E-state index contributed by atoms with van der Waals surface area (Å²) in [6, 6.07) is 0. The fourth-order valence-electron chi connectivity index (χ4n) is 0.995. The molecular formula is C9H18OS. The highest BCUT2D eigenvalue weighted by Gasteiger charge is 2.11. The summed E-state index contributed by atoms with van der Waals surface area (Å²) in [6.45, 7) is 5.96. The molecule has 0 N–H and O–H groups in total. The summed E-state index contributed by atoms with van der Waals surface area (Å²) in [4.78, 5) is 11.0. The number of hydrogen-bond acceptors (Lipinski definition) is 2. The van der Waals surface area contributed by atoms with E-state index < -0.39 is 0 Å². The van der Waals surface area contributed by atoms with Crippen LogP contribution >= 0.6 is 11.8 Å². The van der Waals surface area contributed by atoms with Crippen LogP contribution in [0.4, 0.5) is 0 Å². The highest BCUT2D eigenvalue weighted by Crippen LogP contribution is 2.17. The van der Waals surface area contributed by atoms with Crippen molar-refractivity contribution < 1.29 is 4.79 Å². The number of carbonyl (C=O) groups is 1. The second-order valence-corrected chi connectivity index (χ2v) is 4.18. The molecular weight excluding hydrogens is 156 g/mol. The number of hydrogen-bond donors (Lipinski definition) is 0. The largest absolute Gasteiger partial charge is 0.299 e. The molecule has 0 bridgehead atoms. The average Bonchev–Trinajstić information content (AvgIpc) is 1.97. The maximum atomic E-state index is 11.0. The van der Waals surface area contributed by atoms with E-state index in [-0.39, 0.29) is 5.25 Å². The van der Waals surface area contributed by atoms with Gasteiger partial charge >= 0.3 is 0 Å². The van der Waals surface area contributed by atoms with E-state index in [1.54, 1.807) is 18.7 Å². The van der Waals surface area contributed by atoms with Gasteiger partial charge in [-0.2, -0.15) is 11.8 Å². The van der Waals surface area contributed by atoms with Crippen LogP contribution in [0.15, 0.2) is 0 Å². The molecule has 1 unspecified atom stereocenters. The van der Waals surface area contributed by atoms with Gasteiger partial charge in [-0.15, -0.1) is 0 Å². The van der Waals surface area contributed by atoms with Gasteiger partial charge in [0.25, 0.3) is 0 Å². The van der Waals surface area contributed by atoms with Gasteiger partial charge in [0.1, 0.15) is 5.78 Å². The summed E-state index contributed by atoms with van der Waals surface area (Å²) >= 11 is 1.77. The Morgan fingerprint density at radius 1 is 1.45 bits per heavy atom. The van der Waals surface area contributed by atoms with Crippen molar-refractivity contribution in [3.8, 4) is 0 Å². The van der Waals surface area contributed by atoms with E-state index in [2.05, 4.69) is 13.8 Å². The standard InChI is InChI=1S/C9H18OS/c1-4-6-7-9(8(3)10)11-5-2/h9H,4-7H2,1-3H3. The van der Waals surface area contributed by atoms with Crippen LogP contribution in [-0.2, 0) is 4.79 Å². The molecule has 0 aromatic carbocycles. The zero-order valence-electron chi connectivity index (χ0n) is 7.72. The molecule has 0 saturated carbocycles. The first-order valence-electron chi connectivity index (χ1n) is 4.34. The Hall–Kier alpha value is 0.0200. The quantitative estimate of drug-likeness (QED) is 0.616. The Bertz CT molecular complexity index is 112. The lowest BCUT2D eigenvalue weighted by Crippen LogP contribution is -2.13. The van der Waals surface area contributed by atoms with E-state index in [0.29, 0.717) is 5.78 Å². The highest BCUT2D eigenvalue weighted by atomic mass is 32.2. The summed E-state index contributed by atoms with van der Waals surface area (Å²) in [5.74, 6) is 1.39. The van der Waals surface area contributed by atoms with Crippen LogP contribution in [0.5, 0.6) is 0 Å². The van der Waals surface area contributed by atoms with E-state index in [0.717, 1.165) is 12.2 Å². The number of carbonyl (C=O) groups excluding carboxylic acids is 1. The Kier molecular flexibility index (Phi) is 6.73. The maximum Gasteiger partial charge on any atom is 0.142 e. The molecule has 0 amide bonds. The summed E-state index contributed by atoms with van der Waals surface area (Å²) in [6.07, 6.45) is 3.43. The van der Waals surface area contributed by atoms with E-state index >= 15 is 0 Å². The van der Waals surface area contributed by atoms with Crippen molar-refractivity contribution in [2.24, 2.45) is 0 Å². The van der Waals surface area contributed by atoms with E-state index in [4.69, 9.17) is 0 Å². The molecule has 0 fully saturated rings. The zero-order valence-corrected chi connectivity index (χ0v) is 8.54. The minimum absolute atomic E-state index is 0.264. The molecule has 66 valence electrons. The Morgan fingerprint density at radius 2 is 2.09 bits per heavy atom. The van der Waals surface area contributed by atoms with Gasteiger partial charge in [0.2, 0.25) is 0 Å². The molecule has 0 heterocycles. The fourth-order valence-corrected chi connectivity index (χ4v) is 1.97. The lowest BCUT2D eigenvalue weighted by Gasteiger charge is -2.10. The first-order valence-corrected chi connectivity index (χ1v) is 5.39. The summed E-state index contributed by atoms with van der Waals surface area (Å²) in [5.41, 5.74) is 0. The average molecular weight is 174 g/mol. The third-order valence-corrected chi connectivity index (χ3v) is 2.94. The highest BCUT2D eigenvalue weighted by molar-refractivity contribution is 8.00. The second kappa shape index (κ2) is 6.71. The van der Waals surface area contributed by atoms with Crippen LogP contribution in [0.25, 0.3) is 0 Å². The minimum atomic E-state index is 0.264. The Labute approximate surface area is 73.9 Å². The molecule has 0 saturated heterocycles. The molecule has 0 aliphatic rings. The van der Waals surface area contributed by atoms with Crippen LogP contribution in [-0.4, -0.2) is 16.8 Å². The Balaban J connectivity index is 3.60. The zero-order chi connectivity index (χ0) is 8.69. The molecule has 1 nitrogen and oxygen atoms in total. The molecule has 0 rings (SSSR count). The predicted molar refractivity (Wildman–Crippen MR) is 52.1 cm³/mol. The van der Waals surface area contributed by atoms with Crippen LogP contribution < -0.4 is 0 Å². The van der Waals surface area contributed by atoms with Gasteiger partial charge in [-0.1, -0.05) is 26.7 Å². The second-order valence-electron chi connectivity index (χ2n) is 2.70. The van der Waals surface area contributed by atoms with Crippen molar-refractivity contribution in [3.05, 3.63) is 0 Å². The van der Waals surface area contributed by atoms with Gasteiger partial charge in [-0.05, 0) is 19.1 Å². The topological polar surface area (TPSA) is 17.1 Å². The molecule has 0 aromatic rings. The third-order valence-electron chi connectivity index (χ3n) is 1.64. The lowest BCUT2D eigenvalue weighted by atomic mass is 10.1. The molecule has 0 spiro atoms. The maximum absolute atomic E-state index is 11.0. The molecule has 11 heavy (non-hydrogen) atoms. The number of rotatable bonds is 6. The van der Waals surface area contributed by atoms with Gasteiger partial charge in [0.05, 0.1) is 5.25 Å². The fraction of sp³-hybridized carbons (Fsp3) is 0.889. The summed E-state index contributed by atoms with van der Waals surface area (Å²) in [5, 5.41) is 0.264. The van der Waals surface area contributed by atoms with Crippen molar-refractivity contribution in [1.29, 1.82) is 0 Å². The van der Waals surface area contributed by atoms with E-state index in [1.165, 1.54) is 12.8 Å². The van der Waals surface area contributed by atoms with Crippen LogP contribution in [0, 0.1) is 0 Å². The number of unbranched alkanes of at least 4 members (excludes halogenated alkanes) is 1. The van der Waals surface area contributed by atoms with Gasteiger partial charge in [-0.25, -0.2) is 0 Å². The smallest absolute Gasteiger partial charge is 0.142 e. The number of thioether (sulfide) groups is 1. The SMILES string of the molecule is CCCCC(SCC)C(C)=O. The van der Waals surface area contributed by atoms with Crippen LogP contribution in [0.3, 0.4) is 0 Å². The van der Waals surface area contributed by atoms with Crippen molar-refractivity contribution >= 4 is 17.5 Å². The molecule has 0 aliphatic heterocycles. The molecule has 2 heteroatoms. The van der Waals surface area contributed by atoms with E-state index in [1.807, 2.05) is 0 Å². The van der Waals surface area contributed by atoms with Crippen molar-refractivity contribution in [2.45, 2.75) is 45.3 Å². The van der Waals surface area contributed by atoms with Gasteiger partial charge in [0, 0.05) is 0 Å². The third kappa shape index (κ3) is 5.31. The van der Waals surface area contributed by atoms with Crippen LogP contribution in [0.2, 0.25) is 0 Å². The van der Waals surface area contributed by atoms with Crippen molar-refractivity contribution in [3.63, 3.8) is 0 Å². The van der Waals surface area contributed by atoms with Gasteiger partial charge < -0.3 is 0 Å². The minimum Gasteiger partial charge on any atom is -0.299 e. The van der Waals surface area contributed by atoms with Gasteiger partial charge in [-0.3, -0.25) is 4.79 Å². The molecule has 0 aliphatic carbocycles. The molecule has 1 atom stereocenters. The first kappa shape index (κ1) is 11.0. The predicted octanol–water partition coefficient (Wildman–Crippen LogP) is 2.89. The Morgan fingerprint density at radius 3 is 2.45 bits per heavy atom. The van der Waals surface area contributed by atoms with Crippen molar-refractivity contribution in [2.75, 3.05) is 5.75 Å². The first-order chi connectivity index (χ1) is 5.22. The summed E-state index contributed by atoms with van der Waals surface area (Å²) < 4.78 is 0. The van der Waals surface area contributed by atoms with Crippen molar-refractivity contribution in [1.82, 2.24) is 0 Å². The number of ketones is 1. The lowest BCUT2D eigenvalue weighted by molar-refractivity contribution is -0.116. The molecule has 0 radical (unpaired) electrons. The number of Topliss-reactive ketones (excluding diaryl/α,β-unsaturated/α-hetero) is 1.